The predicted octanol–water partition coefficient (Wildman–Crippen LogP) is 3.61. The second-order valence-electron chi connectivity index (χ2n) is 4.39. The van der Waals surface area contributed by atoms with Gasteiger partial charge in [-0.3, -0.25) is 0 Å². The standard InChI is InChI=1S/C14H18N2S/c1-10-4-5-13(8-11(10)2)9-16-12(3)14-15-6-7-17-14/h4-8,12,16H,9H2,1-3H3. The van der Waals surface area contributed by atoms with E-state index in [1.165, 1.54) is 16.7 Å². The molecule has 0 aliphatic heterocycles. The molecular formula is C14H18N2S. The maximum absolute atomic E-state index is 4.32. The first kappa shape index (κ1) is 12.3. The molecule has 1 aromatic carbocycles. The van der Waals surface area contributed by atoms with Gasteiger partial charge < -0.3 is 5.32 Å². The highest BCUT2D eigenvalue weighted by atomic mass is 32.1. The number of aryl methyl sites for hydroxylation is 2. The van der Waals surface area contributed by atoms with Crippen molar-refractivity contribution in [1.82, 2.24) is 10.3 Å². The lowest BCUT2D eigenvalue weighted by molar-refractivity contribution is 0.571. The van der Waals surface area contributed by atoms with Crippen LogP contribution in [-0.4, -0.2) is 4.98 Å². The summed E-state index contributed by atoms with van der Waals surface area (Å²) in [5.74, 6) is 0. The molecule has 1 heterocycles. The molecule has 1 N–H and O–H groups in total. The van der Waals surface area contributed by atoms with Crippen LogP contribution < -0.4 is 5.32 Å². The fraction of sp³-hybridized carbons (Fsp3) is 0.357. The quantitative estimate of drug-likeness (QED) is 0.891. The van der Waals surface area contributed by atoms with Crippen LogP contribution in [0.5, 0.6) is 0 Å². The average molecular weight is 246 g/mol. The molecule has 1 aromatic heterocycles. The first-order chi connectivity index (χ1) is 8.16. The molecule has 1 unspecified atom stereocenters. The van der Waals surface area contributed by atoms with Crippen LogP contribution in [0, 0.1) is 13.8 Å². The minimum Gasteiger partial charge on any atom is -0.304 e. The van der Waals surface area contributed by atoms with E-state index in [4.69, 9.17) is 0 Å². The van der Waals surface area contributed by atoms with Gasteiger partial charge in [0, 0.05) is 18.1 Å². The summed E-state index contributed by atoms with van der Waals surface area (Å²) in [6.07, 6.45) is 1.86. The lowest BCUT2D eigenvalue weighted by Gasteiger charge is -2.12. The number of rotatable bonds is 4. The van der Waals surface area contributed by atoms with E-state index >= 15 is 0 Å². The summed E-state index contributed by atoms with van der Waals surface area (Å²) in [5.41, 5.74) is 4.03. The number of aromatic nitrogens is 1. The van der Waals surface area contributed by atoms with Crippen molar-refractivity contribution in [3.8, 4) is 0 Å². The van der Waals surface area contributed by atoms with Crippen LogP contribution in [-0.2, 0) is 6.54 Å². The van der Waals surface area contributed by atoms with Gasteiger partial charge in [-0.2, -0.15) is 0 Å². The van der Waals surface area contributed by atoms with E-state index in [1.807, 2.05) is 11.6 Å². The summed E-state index contributed by atoms with van der Waals surface area (Å²) < 4.78 is 0. The Kier molecular flexibility index (Phi) is 3.92. The Morgan fingerprint density at radius 1 is 1.29 bits per heavy atom. The molecule has 0 saturated carbocycles. The van der Waals surface area contributed by atoms with Crippen molar-refractivity contribution in [3.05, 3.63) is 51.5 Å². The Morgan fingerprint density at radius 3 is 2.76 bits per heavy atom. The molecule has 0 fully saturated rings. The van der Waals surface area contributed by atoms with Crippen molar-refractivity contribution in [3.63, 3.8) is 0 Å². The molecular weight excluding hydrogens is 228 g/mol. The number of nitrogens with one attached hydrogen (secondary N) is 1. The van der Waals surface area contributed by atoms with E-state index < -0.39 is 0 Å². The predicted molar refractivity (Wildman–Crippen MR) is 73.3 cm³/mol. The van der Waals surface area contributed by atoms with E-state index in [9.17, 15) is 0 Å². The summed E-state index contributed by atoms with van der Waals surface area (Å²) in [7, 11) is 0. The lowest BCUT2D eigenvalue weighted by atomic mass is 10.1. The number of nitrogens with zero attached hydrogens (tertiary/aromatic N) is 1. The Morgan fingerprint density at radius 2 is 2.12 bits per heavy atom. The minimum atomic E-state index is 0.316. The van der Waals surface area contributed by atoms with Gasteiger partial charge in [0.05, 0.1) is 6.04 Å². The largest absolute Gasteiger partial charge is 0.304 e. The Bertz CT molecular complexity index is 477. The topological polar surface area (TPSA) is 24.9 Å². The smallest absolute Gasteiger partial charge is 0.109 e. The Labute approximate surface area is 107 Å². The summed E-state index contributed by atoms with van der Waals surface area (Å²) in [4.78, 5) is 4.32. The van der Waals surface area contributed by atoms with Crippen molar-refractivity contribution < 1.29 is 0 Å². The molecule has 1 atom stereocenters. The molecule has 0 spiro atoms. The highest BCUT2D eigenvalue weighted by Crippen LogP contribution is 2.16. The van der Waals surface area contributed by atoms with Gasteiger partial charge in [0.1, 0.15) is 5.01 Å². The molecule has 0 bridgehead atoms. The number of hydrogen-bond donors (Lipinski definition) is 1. The summed E-state index contributed by atoms with van der Waals surface area (Å²) >= 11 is 1.70. The minimum absolute atomic E-state index is 0.316. The van der Waals surface area contributed by atoms with Crippen LogP contribution in [0.15, 0.2) is 29.8 Å². The maximum atomic E-state index is 4.32. The molecule has 0 aliphatic carbocycles. The van der Waals surface area contributed by atoms with Crippen molar-refractivity contribution in [2.45, 2.75) is 33.4 Å². The van der Waals surface area contributed by atoms with Crippen molar-refractivity contribution in [2.75, 3.05) is 0 Å². The van der Waals surface area contributed by atoms with Gasteiger partial charge >= 0.3 is 0 Å². The number of benzene rings is 1. The monoisotopic (exact) mass is 246 g/mol. The zero-order valence-corrected chi connectivity index (χ0v) is 11.3. The summed E-state index contributed by atoms with van der Waals surface area (Å²) in [6.45, 7) is 7.34. The molecule has 17 heavy (non-hydrogen) atoms. The van der Waals surface area contributed by atoms with Crippen LogP contribution in [0.2, 0.25) is 0 Å². The van der Waals surface area contributed by atoms with Crippen LogP contribution in [0.4, 0.5) is 0 Å². The zero-order chi connectivity index (χ0) is 12.3. The van der Waals surface area contributed by atoms with Gasteiger partial charge in [0.2, 0.25) is 0 Å². The molecule has 2 aromatic rings. The van der Waals surface area contributed by atoms with Gasteiger partial charge in [-0.1, -0.05) is 18.2 Å². The average Bonchev–Trinajstić information content (AvgIpc) is 2.84. The van der Waals surface area contributed by atoms with E-state index in [-0.39, 0.29) is 0 Å². The third kappa shape index (κ3) is 3.14. The fourth-order valence-corrected chi connectivity index (χ4v) is 2.39. The summed E-state index contributed by atoms with van der Waals surface area (Å²) in [6, 6.07) is 6.93. The normalized spacial score (nSPS) is 12.6. The first-order valence-corrected chi connectivity index (χ1v) is 6.73. The van der Waals surface area contributed by atoms with E-state index in [1.54, 1.807) is 11.3 Å². The molecule has 2 nitrogen and oxygen atoms in total. The van der Waals surface area contributed by atoms with Gasteiger partial charge in [-0.15, -0.1) is 11.3 Å². The van der Waals surface area contributed by atoms with Crippen molar-refractivity contribution >= 4 is 11.3 Å². The first-order valence-electron chi connectivity index (χ1n) is 5.85. The Balaban J connectivity index is 1.96. The van der Waals surface area contributed by atoms with Gasteiger partial charge in [-0.25, -0.2) is 4.98 Å². The second kappa shape index (κ2) is 5.43. The second-order valence-corrected chi connectivity index (χ2v) is 5.32. The third-order valence-corrected chi connectivity index (χ3v) is 3.96. The lowest BCUT2D eigenvalue weighted by Crippen LogP contribution is -2.17. The highest BCUT2D eigenvalue weighted by Gasteiger charge is 2.07. The SMILES string of the molecule is Cc1ccc(CNC(C)c2nccs2)cc1C. The third-order valence-electron chi connectivity index (χ3n) is 3.01. The van der Waals surface area contributed by atoms with Crippen LogP contribution in [0.3, 0.4) is 0 Å². The van der Waals surface area contributed by atoms with Gasteiger partial charge in [-0.05, 0) is 37.5 Å². The van der Waals surface area contributed by atoms with Crippen molar-refractivity contribution in [1.29, 1.82) is 0 Å². The van der Waals surface area contributed by atoms with E-state index in [2.05, 4.69) is 49.3 Å². The molecule has 2 rings (SSSR count). The Hall–Kier alpha value is -1.19. The molecule has 3 heteroatoms. The number of thiazole rings is 1. The van der Waals surface area contributed by atoms with Crippen molar-refractivity contribution in [2.24, 2.45) is 0 Å². The zero-order valence-electron chi connectivity index (χ0n) is 10.5. The fourth-order valence-electron chi connectivity index (χ4n) is 1.72. The van der Waals surface area contributed by atoms with Crippen LogP contribution in [0.1, 0.15) is 34.7 Å². The number of hydrogen-bond acceptors (Lipinski definition) is 3. The molecule has 0 aliphatic rings. The van der Waals surface area contributed by atoms with Crippen LogP contribution in [0.25, 0.3) is 0 Å². The van der Waals surface area contributed by atoms with E-state index in [0.717, 1.165) is 11.6 Å². The van der Waals surface area contributed by atoms with Gasteiger partial charge in [0.25, 0.3) is 0 Å². The molecule has 0 amide bonds. The van der Waals surface area contributed by atoms with Gasteiger partial charge in [0.15, 0.2) is 0 Å². The highest BCUT2D eigenvalue weighted by molar-refractivity contribution is 7.09. The summed E-state index contributed by atoms with van der Waals surface area (Å²) in [5, 5.41) is 6.66. The molecule has 0 saturated heterocycles. The van der Waals surface area contributed by atoms with Crippen LogP contribution >= 0.6 is 11.3 Å². The molecule has 90 valence electrons. The maximum Gasteiger partial charge on any atom is 0.109 e. The molecule has 0 radical (unpaired) electrons. The van der Waals surface area contributed by atoms with E-state index in [0.29, 0.717) is 6.04 Å².